The third-order valence-corrected chi connectivity index (χ3v) is 2.11. The van der Waals surface area contributed by atoms with Crippen LogP contribution in [0.4, 0.5) is 0 Å². The second-order valence-corrected chi connectivity index (χ2v) is 3.43. The van der Waals surface area contributed by atoms with Crippen molar-refractivity contribution in [3.8, 4) is 0 Å². The maximum Gasteiger partial charge on any atom is 0.0889 e. The molecule has 0 aromatic carbocycles. The quantitative estimate of drug-likeness (QED) is 0.803. The Labute approximate surface area is 77.8 Å². The van der Waals surface area contributed by atoms with Crippen LogP contribution in [-0.2, 0) is 6.61 Å². The van der Waals surface area contributed by atoms with E-state index in [1.807, 2.05) is 24.4 Å². The highest BCUT2D eigenvalue weighted by Crippen LogP contribution is 2.12. The summed E-state index contributed by atoms with van der Waals surface area (Å²) in [5, 5.41) is 12.9. The van der Waals surface area contributed by atoms with Crippen molar-refractivity contribution in [2.24, 2.45) is 0 Å². The van der Waals surface area contributed by atoms with Crippen LogP contribution in [0.3, 0.4) is 0 Å². The summed E-state index contributed by atoms with van der Waals surface area (Å²) in [4.78, 5) is 0. The van der Waals surface area contributed by atoms with Crippen LogP contribution in [0.15, 0.2) is 28.9 Å². The monoisotopic (exact) mass is 226 g/mol. The number of nitrogens with zero attached hydrogens (tertiary/aromatic N) is 2. The van der Waals surface area contributed by atoms with E-state index in [1.165, 1.54) is 0 Å². The smallest absolute Gasteiger partial charge is 0.0889 e. The van der Waals surface area contributed by atoms with Crippen LogP contribution in [0.1, 0.15) is 5.69 Å². The molecule has 62 valence electrons. The second kappa shape index (κ2) is 2.88. The first-order valence-corrected chi connectivity index (χ1v) is 4.33. The van der Waals surface area contributed by atoms with Gasteiger partial charge in [0.2, 0.25) is 0 Å². The van der Waals surface area contributed by atoms with Crippen molar-refractivity contribution in [3.05, 3.63) is 34.6 Å². The molecule has 0 aliphatic rings. The summed E-state index contributed by atoms with van der Waals surface area (Å²) < 4.78 is 2.71. The Morgan fingerprint density at radius 3 is 3.08 bits per heavy atom. The van der Waals surface area contributed by atoms with Crippen molar-refractivity contribution in [2.75, 3.05) is 0 Å². The van der Waals surface area contributed by atoms with Crippen molar-refractivity contribution in [2.45, 2.75) is 6.61 Å². The molecule has 0 radical (unpaired) electrons. The van der Waals surface area contributed by atoms with Crippen LogP contribution in [0, 0.1) is 0 Å². The first-order chi connectivity index (χ1) is 5.79. The maximum absolute atomic E-state index is 8.82. The molecule has 0 bridgehead atoms. The van der Waals surface area contributed by atoms with Gasteiger partial charge in [-0.25, -0.2) is 4.52 Å². The molecule has 0 unspecified atom stereocenters. The van der Waals surface area contributed by atoms with E-state index < -0.39 is 0 Å². The molecule has 0 saturated carbocycles. The molecule has 0 saturated heterocycles. The van der Waals surface area contributed by atoms with Crippen LogP contribution < -0.4 is 0 Å². The Morgan fingerprint density at radius 2 is 2.33 bits per heavy atom. The third kappa shape index (κ3) is 1.23. The Hall–Kier alpha value is -0.870. The van der Waals surface area contributed by atoms with E-state index >= 15 is 0 Å². The largest absolute Gasteiger partial charge is 0.390 e. The van der Waals surface area contributed by atoms with Crippen molar-refractivity contribution < 1.29 is 5.11 Å². The van der Waals surface area contributed by atoms with Crippen LogP contribution in [0.5, 0.6) is 0 Å². The number of aliphatic hydroxyl groups is 1. The molecule has 0 amide bonds. The molecule has 2 rings (SSSR count). The lowest BCUT2D eigenvalue weighted by Crippen LogP contribution is -1.87. The molecular formula is C8H7BrN2O. The third-order valence-electron chi connectivity index (χ3n) is 1.64. The van der Waals surface area contributed by atoms with Gasteiger partial charge in [-0.15, -0.1) is 0 Å². The summed E-state index contributed by atoms with van der Waals surface area (Å²) in [5.41, 5.74) is 1.68. The topological polar surface area (TPSA) is 37.5 Å². The number of hydrogen-bond donors (Lipinski definition) is 1. The van der Waals surface area contributed by atoms with Crippen LogP contribution in [0.2, 0.25) is 0 Å². The van der Waals surface area contributed by atoms with E-state index in [-0.39, 0.29) is 6.61 Å². The Balaban J connectivity index is 2.67. The van der Waals surface area contributed by atoms with Gasteiger partial charge in [-0.1, -0.05) is 0 Å². The normalized spacial score (nSPS) is 10.8. The number of fused-ring (bicyclic) bond motifs is 1. The molecule has 2 heterocycles. The summed E-state index contributed by atoms with van der Waals surface area (Å²) in [6.07, 6.45) is 1.86. The summed E-state index contributed by atoms with van der Waals surface area (Å²) in [5.74, 6) is 0. The molecule has 3 nitrogen and oxygen atoms in total. The van der Waals surface area contributed by atoms with Crippen LogP contribution in [0.25, 0.3) is 5.52 Å². The molecule has 1 N–H and O–H groups in total. The van der Waals surface area contributed by atoms with Gasteiger partial charge >= 0.3 is 0 Å². The Kier molecular flexibility index (Phi) is 1.86. The summed E-state index contributed by atoms with van der Waals surface area (Å²) in [6.45, 7) is -0.0146. The molecule has 2 aromatic heterocycles. The zero-order valence-electron chi connectivity index (χ0n) is 6.24. The highest BCUT2D eigenvalue weighted by Gasteiger charge is 1.99. The Morgan fingerprint density at radius 1 is 1.50 bits per heavy atom. The van der Waals surface area contributed by atoms with Gasteiger partial charge in [0.1, 0.15) is 0 Å². The van der Waals surface area contributed by atoms with E-state index in [2.05, 4.69) is 21.0 Å². The summed E-state index contributed by atoms with van der Waals surface area (Å²) in [7, 11) is 0. The highest BCUT2D eigenvalue weighted by molar-refractivity contribution is 9.10. The number of aliphatic hydroxyl groups excluding tert-OH is 1. The second-order valence-electron chi connectivity index (χ2n) is 2.51. The zero-order chi connectivity index (χ0) is 8.55. The molecule has 0 spiro atoms. The van der Waals surface area contributed by atoms with E-state index in [1.54, 1.807) is 4.52 Å². The van der Waals surface area contributed by atoms with Crippen LogP contribution in [-0.4, -0.2) is 14.7 Å². The predicted molar refractivity (Wildman–Crippen MR) is 48.8 cm³/mol. The van der Waals surface area contributed by atoms with Crippen molar-refractivity contribution >= 4 is 21.4 Å². The number of pyridine rings is 1. The summed E-state index contributed by atoms with van der Waals surface area (Å²) in [6, 6.07) is 5.74. The minimum atomic E-state index is -0.0146. The molecule has 0 aliphatic carbocycles. The van der Waals surface area contributed by atoms with E-state index in [9.17, 15) is 0 Å². The molecule has 4 heteroatoms. The van der Waals surface area contributed by atoms with Gasteiger partial charge in [-0.05, 0) is 34.1 Å². The molecule has 0 fully saturated rings. The molecule has 12 heavy (non-hydrogen) atoms. The lowest BCUT2D eigenvalue weighted by molar-refractivity contribution is 0.276. The van der Waals surface area contributed by atoms with Gasteiger partial charge in [0.05, 0.1) is 17.8 Å². The van der Waals surface area contributed by atoms with Gasteiger partial charge in [-0.2, -0.15) is 5.10 Å². The average molecular weight is 227 g/mol. The fourth-order valence-corrected chi connectivity index (χ4v) is 1.42. The fourth-order valence-electron chi connectivity index (χ4n) is 1.09. The van der Waals surface area contributed by atoms with E-state index in [4.69, 9.17) is 5.11 Å². The number of rotatable bonds is 1. The highest BCUT2D eigenvalue weighted by atomic mass is 79.9. The first-order valence-electron chi connectivity index (χ1n) is 3.54. The van der Waals surface area contributed by atoms with Crippen molar-refractivity contribution in [1.82, 2.24) is 9.61 Å². The average Bonchev–Trinajstić information content (AvgIpc) is 2.46. The SMILES string of the molecule is OCc1cc2ccc(Br)cn2n1. The number of aromatic nitrogens is 2. The molecule has 2 aromatic rings. The minimum absolute atomic E-state index is 0.0146. The van der Waals surface area contributed by atoms with E-state index in [0.717, 1.165) is 9.99 Å². The lowest BCUT2D eigenvalue weighted by Gasteiger charge is -1.91. The van der Waals surface area contributed by atoms with Gasteiger partial charge in [0.25, 0.3) is 0 Å². The van der Waals surface area contributed by atoms with Gasteiger partial charge in [-0.3, -0.25) is 0 Å². The Bertz CT molecular complexity index is 410. The van der Waals surface area contributed by atoms with Crippen molar-refractivity contribution in [3.63, 3.8) is 0 Å². The molecular weight excluding hydrogens is 220 g/mol. The zero-order valence-corrected chi connectivity index (χ0v) is 7.82. The molecule has 0 aliphatic heterocycles. The standard InChI is InChI=1S/C8H7BrN2O/c9-6-1-2-8-3-7(5-12)10-11(8)4-6/h1-4,12H,5H2. The number of hydrogen-bond acceptors (Lipinski definition) is 2. The van der Waals surface area contributed by atoms with Crippen LogP contribution >= 0.6 is 15.9 Å². The van der Waals surface area contributed by atoms with Gasteiger partial charge in [0, 0.05) is 10.7 Å². The maximum atomic E-state index is 8.82. The first kappa shape index (κ1) is 7.76. The van der Waals surface area contributed by atoms with Gasteiger partial charge < -0.3 is 5.11 Å². The predicted octanol–water partition coefficient (Wildman–Crippen LogP) is 1.59. The summed E-state index contributed by atoms with van der Waals surface area (Å²) >= 11 is 3.34. The van der Waals surface area contributed by atoms with Gasteiger partial charge in [0.15, 0.2) is 0 Å². The fraction of sp³-hybridized carbons (Fsp3) is 0.125. The minimum Gasteiger partial charge on any atom is -0.390 e. The van der Waals surface area contributed by atoms with E-state index in [0.29, 0.717) is 5.69 Å². The van der Waals surface area contributed by atoms with Crippen molar-refractivity contribution in [1.29, 1.82) is 0 Å². The lowest BCUT2D eigenvalue weighted by atomic mass is 10.4. The molecule has 0 atom stereocenters. The number of halogens is 1.